The van der Waals surface area contributed by atoms with Gasteiger partial charge in [-0.1, -0.05) is 22.0 Å². The first kappa shape index (κ1) is 17.7. The largest absolute Gasteiger partial charge is 0.399 e. The van der Waals surface area contributed by atoms with Crippen molar-refractivity contribution in [3.05, 3.63) is 59.5 Å². The Morgan fingerprint density at radius 1 is 1.00 bits per heavy atom. The first-order chi connectivity index (χ1) is 12.5. The Balaban J connectivity index is 0.000000151. The lowest BCUT2D eigenvalue weighted by Gasteiger charge is -2.04. The summed E-state index contributed by atoms with van der Waals surface area (Å²) in [4.78, 5) is 3.97. The second kappa shape index (κ2) is 7.40. The number of fused-ring (bicyclic) bond motifs is 1. The Morgan fingerprint density at radius 2 is 1.73 bits per heavy atom. The van der Waals surface area contributed by atoms with Crippen LogP contribution in [0.1, 0.15) is 0 Å². The Kier molecular flexibility index (Phi) is 5.04. The lowest BCUT2D eigenvalue weighted by atomic mass is 10.1. The van der Waals surface area contributed by atoms with E-state index in [1.54, 1.807) is 12.5 Å². The topological polar surface area (TPSA) is 122 Å². The van der Waals surface area contributed by atoms with Crippen molar-refractivity contribution in [1.82, 2.24) is 19.7 Å². The van der Waals surface area contributed by atoms with E-state index in [9.17, 15) is 0 Å². The van der Waals surface area contributed by atoms with E-state index in [0.29, 0.717) is 11.5 Å². The van der Waals surface area contributed by atoms with Crippen LogP contribution >= 0.6 is 15.9 Å². The van der Waals surface area contributed by atoms with E-state index >= 15 is 0 Å². The molecule has 4 aromatic rings. The monoisotopic (exact) mass is 411 g/mol. The van der Waals surface area contributed by atoms with Gasteiger partial charge in [-0.2, -0.15) is 0 Å². The zero-order chi connectivity index (χ0) is 18.7. The van der Waals surface area contributed by atoms with Crippen LogP contribution in [0.15, 0.2) is 59.5 Å². The molecule has 2 aromatic heterocycles. The number of halogens is 1. The van der Waals surface area contributed by atoms with Crippen LogP contribution in [-0.2, 0) is 7.05 Å². The maximum absolute atomic E-state index is 5.78. The number of benzene rings is 2. The smallest absolute Gasteiger partial charge is 0.163 e. The van der Waals surface area contributed by atoms with Crippen LogP contribution in [0.5, 0.6) is 0 Å². The number of nitrogens with two attached hydrogens (primary N) is 3. The van der Waals surface area contributed by atoms with Gasteiger partial charge in [-0.15, -0.1) is 10.2 Å². The molecule has 0 fully saturated rings. The third-order valence-electron chi connectivity index (χ3n) is 3.80. The van der Waals surface area contributed by atoms with Crippen LogP contribution in [0.4, 0.5) is 17.2 Å². The zero-order valence-corrected chi connectivity index (χ0v) is 15.7. The molecule has 0 amide bonds. The summed E-state index contributed by atoms with van der Waals surface area (Å²) in [6.07, 6.45) is 3.39. The number of nitrogen functional groups attached to an aromatic ring is 3. The Labute approximate surface area is 159 Å². The second-order valence-corrected chi connectivity index (χ2v) is 6.59. The molecule has 0 aliphatic heterocycles. The predicted molar refractivity (Wildman–Crippen MR) is 109 cm³/mol. The van der Waals surface area contributed by atoms with Gasteiger partial charge in [0.2, 0.25) is 0 Å². The molecule has 132 valence electrons. The number of anilines is 3. The maximum atomic E-state index is 5.78. The number of nitrogens with zero attached hydrogens (tertiary/aromatic N) is 4. The Bertz CT molecular complexity index is 1040. The van der Waals surface area contributed by atoms with Gasteiger partial charge in [-0.3, -0.25) is 0 Å². The second-order valence-electron chi connectivity index (χ2n) is 5.68. The molecule has 2 heterocycles. The molecule has 0 radical (unpaired) electrons. The summed E-state index contributed by atoms with van der Waals surface area (Å²) >= 11 is 3.37. The molecule has 2 aromatic carbocycles. The summed E-state index contributed by atoms with van der Waals surface area (Å²) < 4.78 is 2.85. The molecule has 0 aliphatic rings. The minimum Gasteiger partial charge on any atom is -0.399 e. The molecule has 6 N–H and O–H groups in total. The van der Waals surface area contributed by atoms with Gasteiger partial charge in [-0.25, -0.2) is 4.98 Å². The fourth-order valence-electron chi connectivity index (χ4n) is 2.40. The van der Waals surface area contributed by atoms with E-state index in [0.717, 1.165) is 32.3 Å². The van der Waals surface area contributed by atoms with E-state index in [1.165, 1.54) is 0 Å². The number of aryl methyl sites for hydroxylation is 1. The molecule has 0 atom stereocenters. The van der Waals surface area contributed by atoms with Crippen LogP contribution in [0.25, 0.3) is 22.2 Å². The highest BCUT2D eigenvalue weighted by Gasteiger charge is 2.03. The Morgan fingerprint density at radius 3 is 2.38 bits per heavy atom. The lowest BCUT2D eigenvalue weighted by molar-refractivity contribution is 0.920. The van der Waals surface area contributed by atoms with Crippen LogP contribution in [0.3, 0.4) is 0 Å². The van der Waals surface area contributed by atoms with E-state index in [1.807, 2.05) is 54.1 Å². The molecule has 0 saturated heterocycles. The van der Waals surface area contributed by atoms with Crippen molar-refractivity contribution in [1.29, 1.82) is 0 Å². The van der Waals surface area contributed by atoms with E-state index in [-0.39, 0.29) is 0 Å². The van der Waals surface area contributed by atoms with Crippen LogP contribution < -0.4 is 17.2 Å². The normalized spacial score (nSPS) is 10.4. The minimum absolute atomic E-state index is 0.380. The third kappa shape index (κ3) is 3.75. The number of rotatable bonds is 1. The minimum atomic E-state index is 0.380. The van der Waals surface area contributed by atoms with Gasteiger partial charge in [0, 0.05) is 39.7 Å². The summed E-state index contributed by atoms with van der Waals surface area (Å²) in [5.74, 6) is 1.23. The first-order valence-corrected chi connectivity index (χ1v) is 8.54. The summed E-state index contributed by atoms with van der Waals surface area (Å²) in [7, 11) is 1.91. The summed E-state index contributed by atoms with van der Waals surface area (Å²) in [6, 6.07) is 13.4. The fourth-order valence-corrected chi connectivity index (χ4v) is 2.76. The van der Waals surface area contributed by atoms with Crippen molar-refractivity contribution in [2.24, 2.45) is 7.05 Å². The maximum Gasteiger partial charge on any atom is 0.163 e. The molecule has 0 bridgehead atoms. The van der Waals surface area contributed by atoms with Crippen molar-refractivity contribution in [3.63, 3.8) is 0 Å². The molecular formula is C18H18BrN7. The quantitative estimate of drug-likeness (QED) is 0.413. The standard InChI is InChI=1S/C9H8BrN3.C9H10N4/c10-6-2-1-5-4-13-9(12)8(11)7(5)3-6;1-13-6-11-12-9(13)7-2-4-8(10)5-3-7/h1-4H,11H2,(H2,12,13);2-6H,10H2,1H3. The molecule has 4 rings (SSSR count). The highest BCUT2D eigenvalue weighted by atomic mass is 79.9. The fraction of sp³-hybridized carbons (Fsp3) is 0.0556. The van der Waals surface area contributed by atoms with Gasteiger partial charge in [0.15, 0.2) is 5.82 Å². The van der Waals surface area contributed by atoms with Crippen LogP contribution in [0.2, 0.25) is 0 Å². The van der Waals surface area contributed by atoms with Gasteiger partial charge in [0.25, 0.3) is 0 Å². The van der Waals surface area contributed by atoms with Crippen LogP contribution in [-0.4, -0.2) is 19.7 Å². The molecular weight excluding hydrogens is 394 g/mol. The van der Waals surface area contributed by atoms with Gasteiger partial charge < -0.3 is 21.8 Å². The highest BCUT2D eigenvalue weighted by molar-refractivity contribution is 9.10. The molecule has 7 nitrogen and oxygen atoms in total. The average Bonchev–Trinajstić information content (AvgIpc) is 3.06. The summed E-state index contributed by atoms with van der Waals surface area (Å²) in [5.41, 5.74) is 19.3. The van der Waals surface area contributed by atoms with Crippen molar-refractivity contribution in [3.8, 4) is 11.4 Å². The van der Waals surface area contributed by atoms with Crippen molar-refractivity contribution in [2.45, 2.75) is 0 Å². The zero-order valence-electron chi connectivity index (χ0n) is 14.1. The molecule has 0 unspecified atom stereocenters. The number of hydrogen-bond donors (Lipinski definition) is 3. The number of hydrogen-bond acceptors (Lipinski definition) is 6. The van der Waals surface area contributed by atoms with Gasteiger partial charge >= 0.3 is 0 Å². The lowest BCUT2D eigenvalue weighted by Crippen LogP contribution is -1.98. The highest BCUT2D eigenvalue weighted by Crippen LogP contribution is 2.27. The van der Waals surface area contributed by atoms with Crippen molar-refractivity contribution in [2.75, 3.05) is 17.2 Å². The summed E-state index contributed by atoms with van der Waals surface area (Å²) in [6.45, 7) is 0. The predicted octanol–water partition coefficient (Wildman–Crippen LogP) is 3.23. The number of pyridine rings is 1. The molecule has 0 spiro atoms. The van der Waals surface area contributed by atoms with Crippen molar-refractivity contribution < 1.29 is 0 Å². The van der Waals surface area contributed by atoms with E-state index < -0.39 is 0 Å². The van der Waals surface area contributed by atoms with Gasteiger partial charge in [-0.05, 0) is 36.4 Å². The SMILES string of the molecule is Cn1cnnc1-c1ccc(N)cc1.Nc1ncc2ccc(Br)cc2c1N. The number of aromatic nitrogens is 4. The average molecular weight is 412 g/mol. The molecule has 26 heavy (non-hydrogen) atoms. The molecule has 0 aliphatic carbocycles. The van der Waals surface area contributed by atoms with Gasteiger partial charge in [0.05, 0.1) is 5.69 Å². The summed E-state index contributed by atoms with van der Waals surface area (Å²) in [5, 5.41) is 9.72. The Hall–Kier alpha value is -3.13. The van der Waals surface area contributed by atoms with Gasteiger partial charge in [0.1, 0.15) is 12.1 Å². The molecule has 0 saturated carbocycles. The van der Waals surface area contributed by atoms with E-state index in [2.05, 4.69) is 31.1 Å². The first-order valence-electron chi connectivity index (χ1n) is 7.75. The van der Waals surface area contributed by atoms with Crippen LogP contribution in [0, 0.1) is 0 Å². The molecule has 8 heteroatoms. The van der Waals surface area contributed by atoms with E-state index in [4.69, 9.17) is 17.2 Å². The third-order valence-corrected chi connectivity index (χ3v) is 4.30. The van der Waals surface area contributed by atoms with Crippen molar-refractivity contribution >= 4 is 43.9 Å².